The molecule has 0 aliphatic carbocycles. The van der Waals surface area contributed by atoms with Crippen molar-refractivity contribution in [2.24, 2.45) is 5.92 Å². The van der Waals surface area contributed by atoms with Crippen LogP contribution in [0.1, 0.15) is 59.3 Å². The van der Waals surface area contributed by atoms with Gasteiger partial charge in [0.25, 0.3) is 0 Å². The van der Waals surface area contributed by atoms with E-state index in [2.05, 4.69) is 40.0 Å². The lowest BCUT2D eigenvalue weighted by atomic mass is 9.88. The van der Waals surface area contributed by atoms with Crippen LogP contribution in [-0.4, -0.2) is 9.96 Å². The van der Waals surface area contributed by atoms with Gasteiger partial charge in [-0.05, 0) is 64.0 Å². The molecule has 1 nitrogen and oxygen atoms in total. The Labute approximate surface area is 157 Å². The Kier molecular flexibility index (Phi) is 10.4. The van der Waals surface area contributed by atoms with Crippen molar-refractivity contribution in [2.45, 2.75) is 64.2 Å². The fourth-order valence-corrected chi connectivity index (χ4v) is 4.17. The van der Waals surface area contributed by atoms with Gasteiger partial charge in [0.2, 0.25) is 0 Å². The van der Waals surface area contributed by atoms with E-state index in [4.69, 9.17) is 0 Å². The summed E-state index contributed by atoms with van der Waals surface area (Å²) in [7, 11) is -0.918. The Morgan fingerprint density at radius 1 is 1.12 bits per heavy atom. The fourth-order valence-electron chi connectivity index (χ4n) is 3.00. The molecule has 0 fully saturated rings. The van der Waals surface area contributed by atoms with Crippen LogP contribution < -0.4 is 0 Å². The lowest BCUT2D eigenvalue weighted by Crippen LogP contribution is -2.03. The van der Waals surface area contributed by atoms with Crippen LogP contribution in [0.5, 0.6) is 0 Å². The number of rotatable bonds is 12. The lowest BCUT2D eigenvalue weighted by Gasteiger charge is -2.17. The maximum atomic E-state index is 12.3. The molecule has 1 aromatic rings. The van der Waals surface area contributed by atoms with E-state index in [1.165, 1.54) is 29.6 Å². The van der Waals surface area contributed by atoms with Gasteiger partial charge in [-0.2, -0.15) is 0 Å². The number of hydrogen-bond donors (Lipinski definition) is 0. The van der Waals surface area contributed by atoms with Crippen molar-refractivity contribution in [3.05, 3.63) is 66.3 Å². The van der Waals surface area contributed by atoms with Crippen molar-refractivity contribution in [1.82, 2.24) is 0 Å². The van der Waals surface area contributed by atoms with Gasteiger partial charge in [-0.3, -0.25) is 4.21 Å². The van der Waals surface area contributed by atoms with E-state index in [0.717, 1.165) is 30.6 Å². The van der Waals surface area contributed by atoms with E-state index in [1.54, 1.807) is 0 Å². The van der Waals surface area contributed by atoms with Crippen LogP contribution in [0.2, 0.25) is 0 Å². The van der Waals surface area contributed by atoms with Gasteiger partial charge in [-0.15, -0.1) is 0 Å². The van der Waals surface area contributed by atoms with Crippen LogP contribution >= 0.6 is 0 Å². The molecule has 2 atom stereocenters. The van der Waals surface area contributed by atoms with Gasteiger partial charge in [0.1, 0.15) is 0 Å². The Balaban J connectivity index is 2.36. The first-order valence-corrected chi connectivity index (χ1v) is 10.7. The Hall–Kier alpha value is -1.41. The third-order valence-electron chi connectivity index (χ3n) is 4.37. The smallest absolute Gasteiger partial charge is 0.0532 e. The van der Waals surface area contributed by atoms with Crippen molar-refractivity contribution in [3.63, 3.8) is 0 Å². The van der Waals surface area contributed by atoms with Crippen molar-refractivity contribution < 1.29 is 4.21 Å². The van der Waals surface area contributed by atoms with E-state index < -0.39 is 10.8 Å². The van der Waals surface area contributed by atoms with Crippen molar-refractivity contribution >= 4 is 10.8 Å². The monoisotopic (exact) mass is 358 g/mol. The fraction of sp³-hybridized carbons (Fsp3) is 0.478. The average Bonchev–Trinajstić information content (AvgIpc) is 2.59. The standard InChI is InChI=1S/C23H34OS/c1-6-11-22(21(5)18-19(2)3)13-10-12-20(4)16-17-25(24)23-14-8-7-9-15-23/h7-9,14-15,18,22H,4-6,10-13,16-17H2,1-3H3. The van der Waals surface area contributed by atoms with Gasteiger partial charge >= 0.3 is 0 Å². The van der Waals surface area contributed by atoms with Crippen molar-refractivity contribution in [3.8, 4) is 0 Å². The predicted molar refractivity (Wildman–Crippen MR) is 112 cm³/mol. The van der Waals surface area contributed by atoms with Crippen LogP contribution in [0.3, 0.4) is 0 Å². The van der Waals surface area contributed by atoms with Gasteiger partial charge in [0.05, 0.1) is 10.8 Å². The molecule has 2 unspecified atom stereocenters. The summed E-state index contributed by atoms with van der Waals surface area (Å²) in [5, 5.41) is 0. The molecule has 0 amide bonds. The van der Waals surface area contributed by atoms with Crippen LogP contribution in [0, 0.1) is 5.92 Å². The molecule has 0 saturated carbocycles. The Morgan fingerprint density at radius 2 is 1.80 bits per heavy atom. The molecule has 0 heterocycles. The summed E-state index contributed by atoms with van der Waals surface area (Å²) in [5.41, 5.74) is 3.80. The van der Waals surface area contributed by atoms with E-state index in [-0.39, 0.29) is 0 Å². The van der Waals surface area contributed by atoms with Gasteiger partial charge in [0.15, 0.2) is 0 Å². The minimum atomic E-state index is -0.918. The second-order valence-electron chi connectivity index (χ2n) is 7.04. The maximum absolute atomic E-state index is 12.3. The van der Waals surface area contributed by atoms with E-state index in [0.29, 0.717) is 11.7 Å². The highest BCUT2D eigenvalue weighted by molar-refractivity contribution is 7.85. The summed E-state index contributed by atoms with van der Waals surface area (Å²) in [5.74, 6) is 1.25. The zero-order valence-corrected chi connectivity index (χ0v) is 17.0. The third-order valence-corrected chi connectivity index (χ3v) is 5.74. The van der Waals surface area contributed by atoms with Gasteiger partial charge in [-0.25, -0.2) is 0 Å². The molecular weight excluding hydrogens is 324 g/mol. The molecular formula is C23H34OS. The maximum Gasteiger partial charge on any atom is 0.0532 e. The summed E-state index contributed by atoms with van der Waals surface area (Å²) in [6, 6.07) is 9.70. The van der Waals surface area contributed by atoms with Gasteiger partial charge < -0.3 is 0 Å². The highest BCUT2D eigenvalue weighted by atomic mass is 32.2. The number of benzene rings is 1. The zero-order valence-electron chi connectivity index (χ0n) is 16.2. The molecule has 0 aromatic heterocycles. The third kappa shape index (κ3) is 9.02. The lowest BCUT2D eigenvalue weighted by molar-refractivity contribution is 0.499. The Bertz CT molecular complexity index is 594. The molecule has 0 N–H and O–H groups in total. The first kappa shape index (κ1) is 21.6. The largest absolute Gasteiger partial charge is 0.254 e. The molecule has 0 spiro atoms. The summed E-state index contributed by atoms with van der Waals surface area (Å²) in [4.78, 5) is 0.913. The predicted octanol–water partition coefficient (Wildman–Crippen LogP) is 6.85. The molecule has 1 rings (SSSR count). The summed E-state index contributed by atoms with van der Waals surface area (Å²) < 4.78 is 12.3. The van der Waals surface area contributed by atoms with E-state index in [9.17, 15) is 4.21 Å². The molecule has 0 saturated heterocycles. The van der Waals surface area contributed by atoms with Crippen LogP contribution in [0.25, 0.3) is 0 Å². The molecule has 0 aliphatic rings. The Morgan fingerprint density at radius 3 is 2.40 bits per heavy atom. The highest BCUT2D eigenvalue weighted by Gasteiger charge is 2.11. The van der Waals surface area contributed by atoms with Crippen LogP contribution in [0.15, 0.2) is 71.2 Å². The van der Waals surface area contributed by atoms with Crippen LogP contribution in [-0.2, 0) is 10.8 Å². The molecule has 138 valence electrons. The average molecular weight is 359 g/mol. The van der Waals surface area contributed by atoms with E-state index >= 15 is 0 Å². The molecule has 1 aromatic carbocycles. The number of hydrogen-bond acceptors (Lipinski definition) is 1. The quantitative estimate of drug-likeness (QED) is 0.295. The van der Waals surface area contributed by atoms with Crippen LogP contribution in [0.4, 0.5) is 0 Å². The summed E-state index contributed by atoms with van der Waals surface area (Å²) in [6.45, 7) is 14.9. The number of allylic oxidation sites excluding steroid dienone is 4. The SMILES string of the molecule is C=C(CCCC(CCC)C(=C)C=C(C)C)CCS(=O)c1ccccc1. The summed E-state index contributed by atoms with van der Waals surface area (Å²) in [6.07, 6.45) is 8.78. The minimum absolute atomic E-state index is 0.575. The first-order valence-electron chi connectivity index (χ1n) is 9.37. The highest BCUT2D eigenvalue weighted by Crippen LogP contribution is 2.25. The molecule has 0 radical (unpaired) electrons. The van der Waals surface area contributed by atoms with E-state index in [1.807, 2.05) is 30.3 Å². The zero-order chi connectivity index (χ0) is 18.7. The van der Waals surface area contributed by atoms with Gasteiger partial charge in [-0.1, -0.05) is 67.5 Å². The van der Waals surface area contributed by atoms with Gasteiger partial charge in [0, 0.05) is 10.6 Å². The molecule has 0 aliphatic heterocycles. The topological polar surface area (TPSA) is 17.1 Å². The first-order chi connectivity index (χ1) is 11.9. The second kappa shape index (κ2) is 12.0. The normalized spacial score (nSPS) is 13.1. The minimum Gasteiger partial charge on any atom is -0.254 e. The van der Waals surface area contributed by atoms with Crippen molar-refractivity contribution in [2.75, 3.05) is 5.75 Å². The van der Waals surface area contributed by atoms with Crippen molar-refractivity contribution in [1.29, 1.82) is 0 Å². The summed E-state index contributed by atoms with van der Waals surface area (Å²) >= 11 is 0. The molecule has 2 heteroatoms. The molecule has 25 heavy (non-hydrogen) atoms. The second-order valence-corrected chi connectivity index (χ2v) is 8.61. The molecule has 0 bridgehead atoms.